The second-order valence-corrected chi connectivity index (χ2v) is 7.02. The minimum absolute atomic E-state index is 0.0800. The predicted molar refractivity (Wildman–Crippen MR) is 82.4 cm³/mol. The Morgan fingerprint density at radius 1 is 1.20 bits per heavy atom. The Balaban J connectivity index is 1.68. The smallest absolute Gasteiger partial charge is 0.247 e. The summed E-state index contributed by atoms with van der Waals surface area (Å²) in [5, 5.41) is 9.57. The van der Waals surface area contributed by atoms with E-state index in [-0.39, 0.29) is 4.87 Å². The molecule has 3 nitrogen and oxygen atoms in total. The Kier molecular flexibility index (Phi) is 2.97. The minimum Gasteiger partial charge on any atom is -0.418 e. The van der Waals surface area contributed by atoms with Crippen LogP contribution in [0.25, 0.3) is 0 Å². The van der Waals surface area contributed by atoms with E-state index in [4.69, 9.17) is 21.4 Å². The molecule has 2 heterocycles. The zero-order valence-electron chi connectivity index (χ0n) is 11.0. The van der Waals surface area contributed by atoms with Crippen molar-refractivity contribution in [1.82, 2.24) is 5.01 Å². The number of fused-ring (bicyclic) bond motifs is 2. The van der Waals surface area contributed by atoms with Crippen LogP contribution in [-0.2, 0) is 4.74 Å². The molecule has 5 heteroatoms. The van der Waals surface area contributed by atoms with Gasteiger partial charge < -0.3 is 4.74 Å². The maximum atomic E-state index is 6.23. The van der Waals surface area contributed by atoms with E-state index < -0.39 is 0 Å². The molecule has 0 atom stereocenters. The molecule has 4 rings (SSSR count). The average Bonchev–Trinajstić information content (AvgIpc) is 3.03. The van der Waals surface area contributed by atoms with E-state index in [0.29, 0.717) is 10.9 Å². The van der Waals surface area contributed by atoms with Crippen LogP contribution in [0.4, 0.5) is 0 Å². The van der Waals surface area contributed by atoms with Crippen LogP contribution in [0.15, 0.2) is 40.7 Å². The van der Waals surface area contributed by atoms with E-state index in [0.717, 1.165) is 11.4 Å². The van der Waals surface area contributed by atoms with Gasteiger partial charge in [-0.3, -0.25) is 0 Å². The lowest BCUT2D eigenvalue weighted by atomic mass is 9.94. The summed E-state index contributed by atoms with van der Waals surface area (Å²) in [5.74, 6) is 1.47. The predicted octanol–water partition coefficient (Wildman–Crippen LogP) is 4.54. The molecule has 1 aromatic rings. The lowest BCUT2D eigenvalue weighted by Crippen LogP contribution is -2.39. The van der Waals surface area contributed by atoms with E-state index in [1.165, 1.54) is 32.1 Å². The number of halogens is 1. The summed E-state index contributed by atoms with van der Waals surface area (Å²) >= 11 is 8.09. The van der Waals surface area contributed by atoms with E-state index in [1.807, 2.05) is 36.0 Å². The highest BCUT2D eigenvalue weighted by Crippen LogP contribution is 2.52. The van der Waals surface area contributed by atoms with E-state index in [9.17, 15) is 0 Å². The SMILES string of the molecule is Clc1ccccc1C1=NN2C(=CSC23CCCCC3)O1. The first-order valence-corrected chi connectivity index (χ1v) is 8.24. The number of hydrogen-bond acceptors (Lipinski definition) is 4. The molecular formula is C15H15ClN2OS. The normalized spacial score (nSPS) is 23.4. The van der Waals surface area contributed by atoms with Gasteiger partial charge in [-0.05, 0) is 25.0 Å². The van der Waals surface area contributed by atoms with Gasteiger partial charge in [0.1, 0.15) is 4.87 Å². The molecule has 1 spiro atoms. The van der Waals surface area contributed by atoms with Crippen LogP contribution >= 0.6 is 23.4 Å². The Hall–Kier alpha value is -1.13. The van der Waals surface area contributed by atoms with E-state index in [2.05, 4.69) is 10.4 Å². The standard InChI is InChI=1S/C15H15ClN2OS/c16-12-7-3-2-6-11(12)14-17-18-13(19-14)10-20-15(18)8-4-1-5-9-15/h2-3,6-7,10H,1,4-5,8-9H2. The number of nitrogens with zero attached hydrogens (tertiary/aromatic N) is 2. The van der Waals surface area contributed by atoms with Crippen LogP contribution in [0, 0.1) is 0 Å². The molecule has 1 aromatic carbocycles. The summed E-state index contributed by atoms with van der Waals surface area (Å²) in [7, 11) is 0. The van der Waals surface area contributed by atoms with Gasteiger partial charge in [0.2, 0.25) is 11.8 Å². The molecule has 0 radical (unpaired) electrons. The molecule has 2 aliphatic heterocycles. The van der Waals surface area contributed by atoms with E-state index in [1.54, 1.807) is 0 Å². The molecular weight excluding hydrogens is 292 g/mol. The lowest BCUT2D eigenvalue weighted by Gasteiger charge is -2.37. The number of ether oxygens (including phenoxy) is 1. The summed E-state index contributed by atoms with van der Waals surface area (Å²) in [6, 6.07) is 7.69. The fourth-order valence-corrected chi connectivity index (χ4v) is 4.50. The lowest BCUT2D eigenvalue weighted by molar-refractivity contribution is 0.150. The molecule has 104 valence electrons. The van der Waals surface area contributed by atoms with Crippen LogP contribution in [0.2, 0.25) is 5.02 Å². The van der Waals surface area contributed by atoms with Gasteiger partial charge in [0, 0.05) is 5.41 Å². The Morgan fingerprint density at radius 2 is 2.00 bits per heavy atom. The van der Waals surface area contributed by atoms with Crippen molar-refractivity contribution in [3.05, 3.63) is 46.1 Å². The number of thioether (sulfide) groups is 1. The van der Waals surface area contributed by atoms with Gasteiger partial charge in [0.25, 0.3) is 0 Å². The van der Waals surface area contributed by atoms with Crippen molar-refractivity contribution in [2.75, 3.05) is 0 Å². The van der Waals surface area contributed by atoms with Crippen LogP contribution < -0.4 is 0 Å². The van der Waals surface area contributed by atoms with Gasteiger partial charge in [-0.2, -0.15) is 0 Å². The van der Waals surface area contributed by atoms with Crippen LogP contribution in [0.1, 0.15) is 37.7 Å². The number of hydrazone groups is 1. The second-order valence-electron chi connectivity index (χ2n) is 5.38. The molecule has 0 unspecified atom stereocenters. The fourth-order valence-electron chi connectivity index (χ4n) is 3.06. The number of hydrogen-bond donors (Lipinski definition) is 0. The maximum absolute atomic E-state index is 6.23. The largest absolute Gasteiger partial charge is 0.418 e. The molecule has 0 saturated heterocycles. The molecule has 1 aliphatic carbocycles. The van der Waals surface area contributed by atoms with Crippen molar-refractivity contribution >= 4 is 29.3 Å². The van der Waals surface area contributed by atoms with Crippen molar-refractivity contribution < 1.29 is 4.74 Å². The van der Waals surface area contributed by atoms with Gasteiger partial charge in [-0.1, -0.05) is 54.8 Å². The van der Waals surface area contributed by atoms with Gasteiger partial charge >= 0.3 is 0 Å². The summed E-state index contributed by atoms with van der Waals surface area (Å²) in [6.45, 7) is 0. The van der Waals surface area contributed by atoms with Crippen molar-refractivity contribution in [3.8, 4) is 0 Å². The molecule has 0 aromatic heterocycles. The summed E-state index contributed by atoms with van der Waals surface area (Å²) in [5.41, 5.74) is 0.862. The molecule has 1 saturated carbocycles. The topological polar surface area (TPSA) is 24.8 Å². The van der Waals surface area contributed by atoms with Crippen LogP contribution in [-0.4, -0.2) is 15.8 Å². The summed E-state index contributed by atoms with van der Waals surface area (Å²) < 4.78 is 5.91. The average molecular weight is 307 g/mol. The van der Waals surface area contributed by atoms with Crippen molar-refractivity contribution in [2.24, 2.45) is 5.10 Å². The Labute approximate surface area is 127 Å². The number of benzene rings is 1. The zero-order chi connectivity index (χ0) is 13.6. The van der Waals surface area contributed by atoms with Crippen LogP contribution in [0.3, 0.4) is 0 Å². The minimum atomic E-state index is 0.0800. The Bertz CT molecular complexity index is 608. The summed E-state index contributed by atoms with van der Waals surface area (Å²) in [6.07, 6.45) is 6.19. The second kappa shape index (κ2) is 4.71. The quantitative estimate of drug-likeness (QED) is 0.761. The summed E-state index contributed by atoms with van der Waals surface area (Å²) in [4.78, 5) is 0.0800. The van der Waals surface area contributed by atoms with Gasteiger partial charge in [0.05, 0.1) is 10.6 Å². The van der Waals surface area contributed by atoms with E-state index >= 15 is 0 Å². The maximum Gasteiger partial charge on any atom is 0.247 e. The third-order valence-corrected chi connectivity index (χ3v) is 5.77. The van der Waals surface area contributed by atoms with Gasteiger partial charge in [-0.25, -0.2) is 5.01 Å². The highest BCUT2D eigenvalue weighted by Gasteiger charge is 2.48. The monoisotopic (exact) mass is 306 g/mol. The Morgan fingerprint density at radius 3 is 2.80 bits per heavy atom. The third-order valence-electron chi connectivity index (χ3n) is 4.11. The first-order chi connectivity index (χ1) is 9.78. The van der Waals surface area contributed by atoms with Crippen LogP contribution in [0.5, 0.6) is 0 Å². The third kappa shape index (κ3) is 1.85. The van der Waals surface area contributed by atoms with Crippen molar-refractivity contribution in [1.29, 1.82) is 0 Å². The molecule has 0 amide bonds. The molecule has 0 bridgehead atoms. The van der Waals surface area contributed by atoms with Gasteiger partial charge in [-0.15, -0.1) is 5.10 Å². The highest BCUT2D eigenvalue weighted by molar-refractivity contribution is 8.03. The zero-order valence-corrected chi connectivity index (χ0v) is 12.6. The first-order valence-electron chi connectivity index (χ1n) is 6.98. The molecule has 0 N–H and O–H groups in total. The molecule has 20 heavy (non-hydrogen) atoms. The molecule has 3 aliphatic rings. The fraction of sp³-hybridized carbons (Fsp3) is 0.400. The highest BCUT2D eigenvalue weighted by atomic mass is 35.5. The van der Waals surface area contributed by atoms with Crippen molar-refractivity contribution in [2.45, 2.75) is 37.0 Å². The van der Waals surface area contributed by atoms with Crippen molar-refractivity contribution in [3.63, 3.8) is 0 Å². The van der Waals surface area contributed by atoms with Gasteiger partial charge in [0.15, 0.2) is 0 Å². The number of rotatable bonds is 1. The molecule has 1 fully saturated rings. The first kappa shape index (κ1) is 12.6.